The molecule has 0 amide bonds. The van der Waals surface area contributed by atoms with Crippen molar-refractivity contribution >= 4 is 0 Å². The molecule has 110 valence electrons. The van der Waals surface area contributed by atoms with E-state index in [9.17, 15) is 0 Å². The summed E-state index contributed by atoms with van der Waals surface area (Å²) in [5.41, 5.74) is 2.15. The van der Waals surface area contributed by atoms with Gasteiger partial charge in [-0.15, -0.1) is 0 Å². The predicted molar refractivity (Wildman–Crippen MR) is 76.3 cm³/mol. The maximum atomic E-state index is 9.17. The topological polar surface area (TPSA) is 50.7 Å². The molecular formula is C16H23NO3. The van der Waals surface area contributed by atoms with Gasteiger partial charge in [0.1, 0.15) is 0 Å². The van der Waals surface area contributed by atoms with Gasteiger partial charge in [0.2, 0.25) is 0 Å². The van der Waals surface area contributed by atoms with Crippen LogP contribution in [0.3, 0.4) is 0 Å². The smallest absolute Gasteiger partial charge is 0.0951 e. The molecule has 0 saturated carbocycles. The lowest BCUT2D eigenvalue weighted by Crippen LogP contribution is -2.47. The first-order valence-electron chi connectivity index (χ1n) is 7.43. The van der Waals surface area contributed by atoms with Crippen LogP contribution in [0.2, 0.25) is 0 Å². The molecule has 2 unspecified atom stereocenters. The van der Waals surface area contributed by atoms with Crippen molar-refractivity contribution in [1.29, 1.82) is 0 Å². The van der Waals surface area contributed by atoms with Crippen molar-refractivity contribution in [2.45, 2.75) is 44.1 Å². The predicted octanol–water partition coefficient (Wildman–Crippen LogP) is 1.61. The molecule has 2 aliphatic rings. The Kier molecular flexibility index (Phi) is 4.36. The highest BCUT2D eigenvalue weighted by Gasteiger charge is 2.40. The number of nitrogens with one attached hydrogen (secondary N) is 1. The van der Waals surface area contributed by atoms with Gasteiger partial charge in [0.15, 0.2) is 0 Å². The fourth-order valence-corrected chi connectivity index (χ4v) is 3.17. The van der Waals surface area contributed by atoms with Gasteiger partial charge >= 0.3 is 0 Å². The molecule has 0 aliphatic carbocycles. The third-order valence-corrected chi connectivity index (χ3v) is 4.33. The number of hydrogen-bond donors (Lipinski definition) is 2. The Balaban J connectivity index is 1.55. The highest BCUT2D eigenvalue weighted by Crippen LogP contribution is 2.32. The average molecular weight is 277 g/mol. The van der Waals surface area contributed by atoms with Crippen LogP contribution in [0.5, 0.6) is 0 Å². The Bertz CT molecular complexity index is 443. The second-order valence-corrected chi connectivity index (χ2v) is 5.88. The summed E-state index contributed by atoms with van der Waals surface area (Å²) in [5, 5.41) is 12.8. The summed E-state index contributed by atoms with van der Waals surface area (Å²) in [7, 11) is 0. The summed E-state index contributed by atoms with van der Waals surface area (Å²) in [6.07, 6.45) is 3.11. The van der Waals surface area contributed by atoms with E-state index >= 15 is 0 Å². The van der Waals surface area contributed by atoms with Crippen LogP contribution < -0.4 is 5.32 Å². The molecule has 4 heteroatoms. The quantitative estimate of drug-likeness (QED) is 0.878. The van der Waals surface area contributed by atoms with E-state index in [2.05, 4.69) is 17.4 Å². The van der Waals surface area contributed by atoms with E-state index in [4.69, 9.17) is 14.6 Å². The summed E-state index contributed by atoms with van der Waals surface area (Å²) in [6, 6.07) is 8.59. The van der Waals surface area contributed by atoms with Crippen molar-refractivity contribution < 1.29 is 14.6 Å². The molecule has 2 saturated heterocycles. The van der Waals surface area contributed by atoms with E-state index in [-0.39, 0.29) is 12.2 Å². The summed E-state index contributed by atoms with van der Waals surface area (Å²) >= 11 is 0. The molecule has 0 bridgehead atoms. The van der Waals surface area contributed by atoms with Crippen molar-refractivity contribution in [3.8, 4) is 0 Å². The fraction of sp³-hybridized carbons (Fsp3) is 0.625. The van der Waals surface area contributed by atoms with Crippen molar-refractivity contribution in [3.05, 3.63) is 35.4 Å². The molecule has 1 spiro atoms. The molecule has 1 aromatic carbocycles. The first-order chi connectivity index (χ1) is 9.80. The summed E-state index contributed by atoms with van der Waals surface area (Å²) < 4.78 is 11.4. The van der Waals surface area contributed by atoms with E-state index in [0.29, 0.717) is 6.04 Å². The molecule has 0 radical (unpaired) electrons. The lowest BCUT2D eigenvalue weighted by atomic mass is 9.89. The van der Waals surface area contributed by atoms with E-state index in [1.807, 2.05) is 12.1 Å². The van der Waals surface area contributed by atoms with Crippen molar-refractivity contribution in [1.82, 2.24) is 5.32 Å². The van der Waals surface area contributed by atoms with Crippen LogP contribution in [0.15, 0.2) is 24.3 Å². The van der Waals surface area contributed by atoms with Crippen molar-refractivity contribution in [3.63, 3.8) is 0 Å². The molecule has 4 nitrogen and oxygen atoms in total. The highest BCUT2D eigenvalue weighted by atomic mass is 16.6. The van der Waals surface area contributed by atoms with Gasteiger partial charge in [0, 0.05) is 32.2 Å². The third-order valence-electron chi connectivity index (χ3n) is 4.33. The van der Waals surface area contributed by atoms with Gasteiger partial charge in [0.25, 0.3) is 0 Å². The minimum atomic E-state index is -0.0388. The van der Waals surface area contributed by atoms with Gasteiger partial charge in [-0.25, -0.2) is 0 Å². The molecule has 2 N–H and O–H groups in total. The summed E-state index contributed by atoms with van der Waals surface area (Å²) in [4.78, 5) is 0. The van der Waals surface area contributed by atoms with E-state index in [0.717, 1.165) is 51.2 Å². The standard InChI is InChI=1S/C16H23NO3/c18-11-14-3-1-2-13(8-14)10-17-15-4-6-20-16(9-15)5-7-19-12-16/h1-3,8,15,17-18H,4-7,9-12H2. The van der Waals surface area contributed by atoms with Crippen molar-refractivity contribution in [2.24, 2.45) is 0 Å². The van der Waals surface area contributed by atoms with Crippen LogP contribution in [0.25, 0.3) is 0 Å². The Morgan fingerprint density at radius 1 is 1.30 bits per heavy atom. The van der Waals surface area contributed by atoms with Gasteiger partial charge < -0.3 is 19.9 Å². The minimum Gasteiger partial charge on any atom is -0.392 e. The van der Waals surface area contributed by atoms with Gasteiger partial charge in [-0.3, -0.25) is 0 Å². The van der Waals surface area contributed by atoms with E-state index in [1.54, 1.807) is 0 Å². The second-order valence-electron chi connectivity index (χ2n) is 5.88. The first-order valence-corrected chi connectivity index (χ1v) is 7.43. The largest absolute Gasteiger partial charge is 0.392 e. The zero-order chi connectivity index (χ0) is 13.8. The lowest BCUT2D eigenvalue weighted by molar-refractivity contribution is -0.0894. The Labute approximate surface area is 120 Å². The van der Waals surface area contributed by atoms with Crippen LogP contribution >= 0.6 is 0 Å². The zero-order valence-electron chi connectivity index (χ0n) is 11.8. The molecule has 1 aromatic rings. The lowest BCUT2D eigenvalue weighted by Gasteiger charge is -2.37. The maximum absolute atomic E-state index is 9.17. The second kappa shape index (κ2) is 6.22. The number of aliphatic hydroxyl groups excluding tert-OH is 1. The van der Waals surface area contributed by atoms with Gasteiger partial charge in [0.05, 0.1) is 18.8 Å². The van der Waals surface area contributed by atoms with Gasteiger partial charge in [-0.1, -0.05) is 24.3 Å². The molecular weight excluding hydrogens is 254 g/mol. The molecule has 2 atom stereocenters. The number of rotatable bonds is 4. The van der Waals surface area contributed by atoms with Crippen LogP contribution in [0, 0.1) is 0 Å². The van der Waals surface area contributed by atoms with Crippen LogP contribution in [0.4, 0.5) is 0 Å². The van der Waals surface area contributed by atoms with Crippen LogP contribution in [0.1, 0.15) is 30.4 Å². The first kappa shape index (κ1) is 14.0. The van der Waals surface area contributed by atoms with E-state index < -0.39 is 0 Å². The van der Waals surface area contributed by atoms with Crippen LogP contribution in [-0.4, -0.2) is 36.6 Å². The molecule has 0 aromatic heterocycles. The van der Waals surface area contributed by atoms with E-state index in [1.165, 1.54) is 5.56 Å². The highest BCUT2D eigenvalue weighted by molar-refractivity contribution is 5.22. The number of benzene rings is 1. The Hall–Kier alpha value is -0.940. The van der Waals surface area contributed by atoms with Gasteiger partial charge in [-0.05, 0) is 24.0 Å². The Morgan fingerprint density at radius 3 is 3.00 bits per heavy atom. The molecule has 2 fully saturated rings. The normalized spacial score (nSPS) is 29.9. The summed E-state index contributed by atoms with van der Waals surface area (Å²) in [5.74, 6) is 0. The van der Waals surface area contributed by atoms with Crippen molar-refractivity contribution in [2.75, 3.05) is 19.8 Å². The fourth-order valence-electron chi connectivity index (χ4n) is 3.17. The number of hydrogen-bond acceptors (Lipinski definition) is 4. The third kappa shape index (κ3) is 3.20. The zero-order valence-corrected chi connectivity index (χ0v) is 11.8. The molecule has 20 heavy (non-hydrogen) atoms. The summed E-state index contributed by atoms with van der Waals surface area (Å²) in [6.45, 7) is 3.33. The number of aliphatic hydroxyl groups is 1. The Morgan fingerprint density at radius 2 is 2.20 bits per heavy atom. The SMILES string of the molecule is OCc1cccc(CNC2CCOC3(CCOC3)C2)c1. The monoisotopic (exact) mass is 277 g/mol. The van der Waals surface area contributed by atoms with Gasteiger partial charge in [-0.2, -0.15) is 0 Å². The molecule has 2 aliphatic heterocycles. The average Bonchev–Trinajstić information content (AvgIpc) is 2.93. The molecule has 2 heterocycles. The maximum Gasteiger partial charge on any atom is 0.0951 e. The molecule has 3 rings (SSSR count). The number of ether oxygens (including phenoxy) is 2. The van der Waals surface area contributed by atoms with Crippen LogP contribution in [-0.2, 0) is 22.6 Å². The minimum absolute atomic E-state index is 0.0388.